The predicted molar refractivity (Wildman–Crippen MR) is 111 cm³/mol. The normalized spacial score (nSPS) is 11.7. The highest BCUT2D eigenvalue weighted by molar-refractivity contribution is 7.70. The minimum absolute atomic E-state index is 0.0601. The second-order valence-electron chi connectivity index (χ2n) is 5.62. The van der Waals surface area contributed by atoms with Crippen molar-refractivity contribution >= 4 is 88.0 Å². The van der Waals surface area contributed by atoms with Crippen LogP contribution in [0.2, 0.25) is 25.1 Å². The molecule has 29 heavy (non-hydrogen) atoms. The van der Waals surface area contributed by atoms with Gasteiger partial charge in [-0.15, -0.1) is 0 Å². The van der Waals surface area contributed by atoms with E-state index in [2.05, 4.69) is 4.98 Å². The Labute approximate surface area is 187 Å². The van der Waals surface area contributed by atoms with Crippen molar-refractivity contribution in [1.82, 2.24) is 4.98 Å². The van der Waals surface area contributed by atoms with Gasteiger partial charge in [0.25, 0.3) is 5.52 Å². The van der Waals surface area contributed by atoms with Crippen LogP contribution in [0, 0.1) is 0 Å². The summed E-state index contributed by atoms with van der Waals surface area (Å²) in [5.74, 6) is -1.21. The first-order valence-electron chi connectivity index (χ1n) is 7.38. The topological polar surface area (TPSA) is 117 Å². The Balaban J connectivity index is 1.97. The minimum atomic E-state index is -4.95. The summed E-state index contributed by atoms with van der Waals surface area (Å²) >= 11 is 29.8. The number of hydrogen-bond acceptors (Lipinski definition) is 4. The van der Waals surface area contributed by atoms with Crippen LogP contribution in [0.3, 0.4) is 0 Å². The van der Waals surface area contributed by atoms with Crippen molar-refractivity contribution in [2.24, 2.45) is 0 Å². The molecule has 2 aromatic carbocycles. The molecular weight excluding hydrogens is 510 g/mol. The van der Waals surface area contributed by atoms with Gasteiger partial charge in [0.15, 0.2) is 5.75 Å². The van der Waals surface area contributed by atoms with Gasteiger partial charge in [0.05, 0.1) is 15.1 Å². The Morgan fingerprint density at radius 2 is 1.45 bits per heavy atom. The van der Waals surface area contributed by atoms with Crippen LogP contribution in [0.1, 0.15) is 20.8 Å². The number of ether oxygens (including phenoxy) is 1. The van der Waals surface area contributed by atoms with E-state index in [0.29, 0.717) is 10.9 Å². The smallest absolute Gasteiger partial charge is 0.396 e. The molecule has 1 heterocycles. The number of carbonyl (C=O) groups is 2. The second-order valence-corrected chi connectivity index (χ2v) is 9.01. The van der Waals surface area contributed by atoms with Crippen LogP contribution in [0.5, 0.6) is 5.75 Å². The molecule has 1 aromatic heterocycles. The summed E-state index contributed by atoms with van der Waals surface area (Å²) in [6.45, 7) is 0. The zero-order valence-corrected chi connectivity index (χ0v) is 18.3. The van der Waals surface area contributed by atoms with Crippen molar-refractivity contribution in [2.45, 2.75) is 0 Å². The van der Waals surface area contributed by atoms with Gasteiger partial charge >= 0.3 is 13.6 Å². The maximum atomic E-state index is 12.5. The second kappa shape index (κ2) is 8.10. The Morgan fingerprint density at radius 1 is 0.897 bits per heavy atom. The molecular formula is C16H7Cl5NO6P. The monoisotopic (exact) mass is 515 g/mol. The summed E-state index contributed by atoms with van der Waals surface area (Å²) in [6.07, 6.45) is 0. The molecule has 0 saturated heterocycles. The van der Waals surface area contributed by atoms with Gasteiger partial charge in [-0.2, -0.15) is 0 Å². The first-order chi connectivity index (χ1) is 13.4. The number of hydrogen-bond donors (Lipinski definition) is 3. The molecule has 3 rings (SSSR count). The molecule has 0 unspecified atom stereocenters. The van der Waals surface area contributed by atoms with Crippen molar-refractivity contribution < 1.29 is 28.7 Å². The largest absolute Gasteiger partial charge is 0.419 e. The molecule has 0 atom stereocenters. The fourth-order valence-electron chi connectivity index (χ4n) is 2.37. The molecule has 3 aromatic rings. The zero-order chi connectivity index (χ0) is 21.7. The van der Waals surface area contributed by atoms with E-state index in [9.17, 15) is 14.2 Å². The summed E-state index contributed by atoms with van der Waals surface area (Å²) in [7, 11) is -4.95. The van der Waals surface area contributed by atoms with Gasteiger partial charge in [-0.1, -0.05) is 58.0 Å². The van der Waals surface area contributed by atoms with Crippen molar-refractivity contribution in [3.63, 3.8) is 0 Å². The minimum Gasteiger partial charge on any atom is -0.419 e. The number of rotatable bonds is 4. The average molecular weight is 517 g/mol. The van der Waals surface area contributed by atoms with E-state index in [4.69, 9.17) is 72.5 Å². The fraction of sp³-hybridized carbons (Fsp3) is 0. The molecule has 0 aliphatic rings. The number of nitrogens with one attached hydrogen (secondary N) is 1. The van der Waals surface area contributed by atoms with Crippen molar-refractivity contribution in [1.29, 1.82) is 0 Å². The summed E-state index contributed by atoms with van der Waals surface area (Å²) in [5, 5.41) is -0.503. The van der Waals surface area contributed by atoms with Crippen LogP contribution in [-0.4, -0.2) is 26.3 Å². The number of benzene rings is 2. The van der Waals surface area contributed by atoms with E-state index < -0.39 is 19.1 Å². The Kier molecular flexibility index (Phi) is 6.26. The van der Waals surface area contributed by atoms with Gasteiger partial charge in [0, 0.05) is 16.5 Å². The molecule has 0 fully saturated rings. The Morgan fingerprint density at radius 3 is 2.00 bits per heavy atom. The Hall–Kier alpha value is -1.28. The molecule has 152 valence electrons. The SMILES string of the molecule is O=C(Oc1c(Cl)c(Cl)c(Cl)c(Cl)c1Cl)c1cc2cc(C(=O)P(=O)(O)O)ccc2[nH]1. The fourth-order valence-corrected chi connectivity index (χ4v) is 4.04. The van der Waals surface area contributed by atoms with Crippen LogP contribution in [0.25, 0.3) is 10.9 Å². The standard InChI is InChI=1S/C16H7Cl5NO6P/c17-9-10(18)12(20)14(13(21)11(9)19)28-15(23)8-4-6-3-5(1-2-7(6)22-8)16(24)29(25,26)27/h1-4,22H,(H2,25,26,27). The number of halogens is 5. The highest BCUT2D eigenvalue weighted by Crippen LogP contribution is 2.48. The quantitative estimate of drug-likeness (QED) is 0.129. The first-order valence-corrected chi connectivity index (χ1v) is 10.9. The number of aromatic amines is 1. The zero-order valence-electron chi connectivity index (χ0n) is 13.7. The molecule has 0 aliphatic carbocycles. The molecule has 0 amide bonds. The lowest BCUT2D eigenvalue weighted by Gasteiger charge is -2.11. The average Bonchev–Trinajstić information content (AvgIpc) is 3.10. The molecule has 0 aliphatic heterocycles. The predicted octanol–water partition coefficient (Wildman–Crippen LogP) is 5.97. The third-order valence-electron chi connectivity index (χ3n) is 3.72. The van der Waals surface area contributed by atoms with E-state index in [1.807, 2.05) is 0 Å². The van der Waals surface area contributed by atoms with E-state index in [0.717, 1.165) is 0 Å². The van der Waals surface area contributed by atoms with Crippen LogP contribution in [-0.2, 0) is 4.57 Å². The third-order valence-corrected chi connectivity index (χ3v) is 6.75. The molecule has 0 saturated carbocycles. The molecule has 3 N–H and O–H groups in total. The summed E-state index contributed by atoms with van der Waals surface area (Å²) in [4.78, 5) is 45.0. The van der Waals surface area contributed by atoms with Crippen LogP contribution < -0.4 is 4.74 Å². The van der Waals surface area contributed by atoms with Crippen LogP contribution in [0.4, 0.5) is 0 Å². The van der Waals surface area contributed by atoms with Crippen molar-refractivity contribution in [3.8, 4) is 5.75 Å². The maximum Gasteiger partial charge on any atom is 0.396 e. The van der Waals surface area contributed by atoms with Gasteiger partial charge in [-0.25, -0.2) is 4.79 Å². The van der Waals surface area contributed by atoms with Crippen molar-refractivity contribution in [3.05, 3.63) is 60.6 Å². The third kappa shape index (κ3) is 4.29. The maximum absolute atomic E-state index is 12.5. The molecule has 7 nitrogen and oxygen atoms in total. The highest BCUT2D eigenvalue weighted by Gasteiger charge is 2.28. The lowest BCUT2D eigenvalue weighted by atomic mass is 10.2. The molecule has 0 bridgehead atoms. The summed E-state index contributed by atoms with van der Waals surface area (Å²) < 4.78 is 16.3. The van der Waals surface area contributed by atoms with Crippen LogP contribution in [0.15, 0.2) is 24.3 Å². The van der Waals surface area contributed by atoms with E-state index in [-0.39, 0.29) is 42.1 Å². The number of fused-ring (bicyclic) bond motifs is 1. The first kappa shape index (κ1) is 22.4. The van der Waals surface area contributed by atoms with Crippen LogP contribution >= 0.6 is 65.6 Å². The summed E-state index contributed by atoms with van der Waals surface area (Å²) in [6, 6.07) is 5.13. The van der Waals surface area contributed by atoms with Gasteiger partial charge in [0.1, 0.15) is 15.7 Å². The lowest BCUT2D eigenvalue weighted by molar-refractivity contribution is 0.0729. The number of H-pyrrole nitrogens is 1. The van der Waals surface area contributed by atoms with Gasteiger partial charge in [-0.05, 0) is 24.3 Å². The Bertz CT molecular complexity index is 1210. The number of carbonyl (C=O) groups excluding carboxylic acids is 2. The van der Waals surface area contributed by atoms with E-state index >= 15 is 0 Å². The number of esters is 1. The van der Waals surface area contributed by atoms with Gasteiger partial charge < -0.3 is 19.5 Å². The number of aromatic nitrogens is 1. The van der Waals surface area contributed by atoms with E-state index in [1.165, 1.54) is 24.3 Å². The molecule has 0 spiro atoms. The van der Waals surface area contributed by atoms with Crippen molar-refractivity contribution in [2.75, 3.05) is 0 Å². The lowest BCUT2D eigenvalue weighted by Crippen LogP contribution is -2.09. The summed E-state index contributed by atoms with van der Waals surface area (Å²) in [5.41, 5.74) is -1.21. The van der Waals surface area contributed by atoms with E-state index in [1.54, 1.807) is 0 Å². The molecule has 13 heteroatoms. The van der Waals surface area contributed by atoms with Gasteiger partial charge in [0.2, 0.25) is 0 Å². The highest BCUT2D eigenvalue weighted by atomic mass is 35.5. The molecule has 0 radical (unpaired) electrons. The van der Waals surface area contributed by atoms with Gasteiger partial charge in [-0.3, -0.25) is 9.36 Å².